The van der Waals surface area contributed by atoms with Crippen LogP contribution in [0.5, 0.6) is 0 Å². The Hall–Kier alpha value is -1.02. The molecule has 1 unspecified atom stereocenters. The molecule has 1 atom stereocenters. The molecule has 1 aliphatic carbocycles. The maximum absolute atomic E-state index is 3.69. The molecule has 86 valence electrons. The van der Waals surface area contributed by atoms with E-state index in [0.29, 0.717) is 5.92 Å². The molecule has 1 aliphatic heterocycles. The van der Waals surface area contributed by atoms with Crippen molar-refractivity contribution >= 4 is 5.69 Å². The molecule has 1 fully saturated rings. The van der Waals surface area contributed by atoms with Gasteiger partial charge in [-0.1, -0.05) is 25.1 Å². The lowest BCUT2D eigenvalue weighted by Crippen LogP contribution is -2.42. The molecule has 1 aromatic carbocycles. The Morgan fingerprint density at radius 2 is 2.12 bits per heavy atom. The molecule has 0 radical (unpaired) electrons. The summed E-state index contributed by atoms with van der Waals surface area (Å²) in [6.07, 6.45) is 2.73. The van der Waals surface area contributed by atoms with Crippen LogP contribution in [0.4, 0.5) is 5.69 Å². The van der Waals surface area contributed by atoms with Crippen LogP contribution >= 0.6 is 0 Å². The zero-order chi connectivity index (χ0) is 11.0. The van der Waals surface area contributed by atoms with Gasteiger partial charge in [0.15, 0.2) is 0 Å². The number of nitrogens with one attached hydrogen (secondary N) is 2. The average molecular weight is 216 g/mol. The molecule has 16 heavy (non-hydrogen) atoms. The summed E-state index contributed by atoms with van der Waals surface area (Å²) in [6.45, 7) is 4.56. The first-order valence-electron chi connectivity index (χ1n) is 6.39. The second kappa shape index (κ2) is 4.10. The minimum Gasteiger partial charge on any atom is -0.384 e. The van der Waals surface area contributed by atoms with E-state index in [-0.39, 0.29) is 0 Å². The van der Waals surface area contributed by atoms with Crippen molar-refractivity contribution in [1.29, 1.82) is 0 Å². The van der Waals surface area contributed by atoms with E-state index < -0.39 is 0 Å². The molecule has 0 saturated heterocycles. The van der Waals surface area contributed by atoms with E-state index in [1.807, 2.05) is 0 Å². The van der Waals surface area contributed by atoms with E-state index in [1.54, 1.807) is 0 Å². The quantitative estimate of drug-likeness (QED) is 0.811. The van der Waals surface area contributed by atoms with E-state index in [1.165, 1.54) is 24.1 Å². The van der Waals surface area contributed by atoms with Crippen molar-refractivity contribution < 1.29 is 0 Å². The summed E-state index contributed by atoms with van der Waals surface area (Å²) >= 11 is 0. The van der Waals surface area contributed by atoms with E-state index in [2.05, 4.69) is 41.8 Å². The molecular formula is C14H20N2. The van der Waals surface area contributed by atoms with Crippen molar-refractivity contribution in [2.45, 2.75) is 31.7 Å². The van der Waals surface area contributed by atoms with Crippen LogP contribution in [0.3, 0.4) is 0 Å². The monoisotopic (exact) mass is 216 g/mol. The number of benzene rings is 1. The molecule has 0 amide bonds. The van der Waals surface area contributed by atoms with Gasteiger partial charge < -0.3 is 10.6 Å². The zero-order valence-corrected chi connectivity index (χ0v) is 9.87. The first-order valence-corrected chi connectivity index (χ1v) is 6.39. The van der Waals surface area contributed by atoms with Crippen LogP contribution in [-0.2, 0) is 0 Å². The van der Waals surface area contributed by atoms with Gasteiger partial charge in [0.25, 0.3) is 0 Å². The smallest absolute Gasteiger partial charge is 0.0376 e. The topological polar surface area (TPSA) is 24.1 Å². The molecule has 1 aromatic rings. The molecule has 2 heteroatoms. The van der Waals surface area contributed by atoms with Gasteiger partial charge in [-0.2, -0.15) is 0 Å². The summed E-state index contributed by atoms with van der Waals surface area (Å²) in [5.74, 6) is 1.60. The molecule has 0 bridgehead atoms. The van der Waals surface area contributed by atoms with Crippen LogP contribution < -0.4 is 10.6 Å². The fraction of sp³-hybridized carbons (Fsp3) is 0.571. The van der Waals surface area contributed by atoms with E-state index in [9.17, 15) is 0 Å². The fourth-order valence-corrected chi connectivity index (χ4v) is 2.92. The highest BCUT2D eigenvalue weighted by atomic mass is 15.0. The molecule has 1 saturated carbocycles. The Morgan fingerprint density at radius 1 is 1.31 bits per heavy atom. The number of fused-ring (bicyclic) bond motifs is 1. The number of rotatable bonds is 3. The molecular weight excluding hydrogens is 196 g/mol. The number of hydrogen-bond donors (Lipinski definition) is 2. The lowest BCUT2D eigenvalue weighted by Gasteiger charge is -2.34. The van der Waals surface area contributed by atoms with Gasteiger partial charge in [0, 0.05) is 30.7 Å². The third kappa shape index (κ3) is 1.82. The number of anilines is 1. The summed E-state index contributed by atoms with van der Waals surface area (Å²) in [5, 5.41) is 7.17. The molecule has 0 aromatic heterocycles. The minimum atomic E-state index is 0.659. The highest BCUT2D eigenvalue weighted by molar-refractivity contribution is 5.57. The Balaban J connectivity index is 1.57. The van der Waals surface area contributed by atoms with Crippen LogP contribution in [0.2, 0.25) is 0 Å². The Kier molecular flexibility index (Phi) is 2.60. The SMILES string of the molecule is CC1CC(NCC2CNc3ccccc32)C1. The number of para-hydroxylation sites is 1. The summed E-state index contributed by atoms with van der Waals surface area (Å²) in [7, 11) is 0. The summed E-state index contributed by atoms with van der Waals surface area (Å²) in [5.41, 5.74) is 2.82. The van der Waals surface area contributed by atoms with Crippen LogP contribution in [0, 0.1) is 5.92 Å². The van der Waals surface area contributed by atoms with Gasteiger partial charge in [-0.25, -0.2) is 0 Å². The largest absolute Gasteiger partial charge is 0.384 e. The van der Waals surface area contributed by atoms with Gasteiger partial charge in [-0.15, -0.1) is 0 Å². The van der Waals surface area contributed by atoms with Gasteiger partial charge in [-0.3, -0.25) is 0 Å². The van der Waals surface area contributed by atoms with E-state index in [4.69, 9.17) is 0 Å². The van der Waals surface area contributed by atoms with Crippen molar-refractivity contribution in [1.82, 2.24) is 5.32 Å². The normalized spacial score (nSPS) is 31.7. The zero-order valence-electron chi connectivity index (χ0n) is 9.87. The molecule has 0 spiro atoms. The van der Waals surface area contributed by atoms with Crippen LogP contribution in [0.15, 0.2) is 24.3 Å². The maximum atomic E-state index is 3.69. The first-order chi connectivity index (χ1) is 7.83. The van der Waals surface area contributed by atoms with Crippen molar-refractivity contribution in [2.75, 3.05) is 18.4 Å². The van der Waals surface area contributed by atoms with Crippen LogP contribution in [0.1, 0.15) is 31.2 Å². The Labute approximate surface area is 97.4 Å². The average Bonchev–Trinajstić information content (AvgIpc) is 2.66. The Morgan fingerprint density at radius 3 is 2.94 bits per heavy atom. The summed E-state index contributed by atoms with van der Waals surface area (Å²) < 4.78 is 0. The molecule has 1 heterocycles. The van der Waals surface area contributed by atoms with Gasteiger partial charge in [0.2, 0.25) is 0 Å². The van der Waals surface area contributed by atoms with Gasteiger partial charge in [-0.05, 0) is 30.4 Å². The van der Waals surface area contributed by atoms with Crippen LogP contribution in [-0.4, -0.2) is 19.1 Å². The predicted octanol–water partition coefficient (Wildman–Crippen LogP) is 2.58. The first kappa shape index (κ1) is 10.2. The predicted molar refractivity (Wildman–Crippen MR) is 67.9 cm³/mol. The van der Waals surface area contributed by atoms with E-state index >= 15 is 0 Å². The highest BCUT2D eigenvalue weighted by Crippen LogP contribution is 2.32. The van der Waals surface area contributed by atoms with Crippen molar-refractivity contribution in [3.05, 3.63) is 29.8 Å². The van der Waals surface area contributed by atoms with Crippen molar-refractivity contribution in [3.63, 3.8) is 0 Å². The van der Waals surface area contributed by atoms with E-state index in [0.717, 1.165) is 25.0 Å². The molecule has 2 aliphatic rings. The lowest BCUT2D eigenvalue weighted by atomic mass is 9.81. The second-order valence-corrected chi connectivity index (χ2v) is 5.35. The molecule has 2 N–H and O–H groups in total. The van der Waals surface area contributed by atoms with Gasteiger partial charge in [0.1, 0.15) is 0 Å². The Bertz CT molecular complexity index is 369. The summed E-state index contributed by atoms with van der Waals surface area (Å²) in [6, 6.07) is 9.47. The fourth-order valence-electron chi connectivity index (χ4n) is 2.92. The summed E-state index contributed by atoms with van der Waals surface area (Å²) in [4.78, 5) is 0. The standard InChI is InChI=1S/C14H20N2/c1-10-6-12(7-10)15-8-11-9-16-14-5-3-2-4-13(11)14/h2-5,10-12,15-16H,6-9H2,1H3. The maximum Gasteiger partial charge on any atom is 0.0376 e. The van der Waals surface area contributed by atoms with Crippen molar-refractivity contribution in [3.8, 4) is 0 Å². The lowest BCUT2D eigenvalue weighted by molar-refractivity contribution is 0.239. The highest BCUT2D eigenvalue weighted by Gasteiger charge is 2.27. The third-order valence-corrected chi connectivity index (χ3v) is 3.97. The third-order valence-electron chi connectivity index (χ3n) is 3.97. The van der Waals surface area contributed by atoms with Gasteiger partial charge in [0.05, 0.1) is 0 Å². The number of hydrogen-bond acceptors (Lipinski definition) is 2. The van der Waals surface area contributed by atoms with Gasteiger partial charge >= 0.3 is 0 Å². The molecule has 3 rings (SSSR count). The van der Waals surface area contributed by atoms with Crippen molar-refractivity contribution in [2.24, 2.45) is 5.92 Å². The minimum absolute atomic E-state index is 0.659. The second-order valence-electron chi connectivity index (χ2n) is 5.35. The molecule has 2 nitrogen and oxygen atoms in total. The van der Waals surface area contributed by atoms with Crippen LogP contribution in [0.25, 0.3) is 0 Å².